The lowest BCUT2D eigenvalue weighted by molar-refractivity contribution is 0.104. The number of benzene rings is 3. The summed E-state index contributed by atoms with van der Waals surface area (Å²) in [5, 5.41) is 2.10. The van der Waals surface area contributed by atoms with Gasteiger partial charge in [0.25, 0.3) is 0 Å². The number of fused-ring (bicyclic) bond motifs is 1. The van der Waals surface area contributed by atoms with Gasteiger partial charge in [-0.1, -0.05) is 92.6 Å². The number of aromatic nitrogens is 1. The van der Waals surface area contributed by atoms with Crippen molar-refractivity contribution in [2.24, 2.45) is 0 Å². The molecule has 0 spiro atoms. The van der Waals surface area contributed by atoms with E-state index in [2.05, 4.69) is 42.0 Å². The van der Waals surface area contributed by atoms with Gasteiger partial charge in [-0.05, 0) is 28.8 Å². The zero-order chi connectivity index (χ0) is 19.3. The van der Waals surface area contributed by atoms with Crippen LogP contribution in [0, 0.1) is 0 Å². The number of hydrogen-bond donors (Lipinski definition) is 0. The summed E-state index contributed by atoms with van der Waals surface area (Å²) in [6.07, 6.45) is 5.56. The molecular weight excluding hydrogens is 342 g/mol. The molecule has 2 nitrogen and oxygen atoms in total. The molecule has 140 valence electrons. The summed E-state index contributed by atoms with van der Waals surface area (Å²) in [6.45, 7) is 3.14. The molecule has 0 saturated carbocycles. The molecule has 0 radical (unpaired) electrons. The second-order valence-electron chi connectivity index (χ2n) is 7.20. The fraction of sp³-hybridized carbons (Fsp3) is 0.192. The highest BCUT2D eigenvalue weighted by Crippen LogP contribution is 2.30. The molecule has 1 heterocycles. The van der Waals surface area contributed by atoms with Crippen molar-refractivity contribution in [1.82, 2.24) is 4.57 Å². The number of ketones is 1. The Balaban J connectivity index is 1.81. The minimum Gasteiger partial charge on any atom is -0.347 e. The minimum atomic E-state index is 0.0879. The van der Waals surface area contributed by atoms with Gasteiger partial charge in [-0.2, -0.15) is 0 Å². The van der Waals surface area contributed by atoms with Gasteiger partial charge in [0.15, 0.2) is 5.78 Å². The van der Waals surface area contributed by atoms with Crippen LogP contribution >= 0.6 is 0 Å². The maximum atomic E-state index is 13.6. The zero-order valence-corrected chi connectivity index (χ0v) is 16.3. The van der Waals surface area contributed by atoms with Crippen LogP contribution in [0.1, 0.15) is 42.1 Å². The predicted octanol–water partition coefficient (Wildman–Crippen LogP) is 6.73. The van der Waals surface area contributed by atoms with E-state index in [1.165, 1.54) is 12.8 Å². The van der Waals surface area contributed by atoms with E-state index in [4.69, 9.17) is 0 Å². The normalized spacial score (nSPS) is 11.0. The highest BCUT2D eigenvalue weighted by atomic mass is 16.1. The van der Waals surface area contributed by atoms with Crippen LogP contribution in [0.4, 0.5) is 0 Å². The van der Waals surface area contributed by atoms with E-state index in [1.54, 1.807) is 0 Å². The first-order valence-corrected chi connectivity index (χ1v) is 10.1. The molecular formula is C26H25NO. The van der Waals surface area contributed by atoms with Crippen LogP contribution in [0.3, 0.4) is 0 Å². The highest BCUT2D eigenvalue weighted by Gasteiger charge is 2.20. The van der Waals surface area contributed by atoms with Crippen molar-refractivity contribution in [3.05, 3.63) is 96.2 Å². The third-order valence-electron chi connectivity index (χ3n) is 5.29. The summed E-state index contributed by atoms with van der Waals surface area (Å²) in [4.78, 5) is 13.6. The number of nitrogens with zero attached hydrogens (tertiary/aromatic N) is 1. The Morgan fingerprint density at radius 1 is 0.786 bits per heavy atom. The Morgan fingerprint density at radius 3 is 2.36 bits per heavy atom. The molecule has 0 unspecified atom stereocenters. The van der Waals surface area contributed by atoms with Crippen molar-refractivity contribution in [2.75, 3.05) is 0 Å². The number of aryl methyl sites for hydroxylation is 1. The van der Waals surface area contributed by atoms with Gasteiger partial charge in [0.1, 0.15) is 0 Å². The van der Waals surface area contributed by atoms with E-state index >= 15 is 0 Å². The summed E-state index contributed by atoms with van der Waals surface area (Å²) in [5.41, 5.74) is 3.66. The van der Waals surface area contributed by atoms with Crippen LogP contribution in [-0.2, 0) is 6.54 Å². The van der Waals surface area contributed by atoms with E-state index in [0.717, 1.165) is 46.1 Å². The Morgan fingerprint density at radius 2 is 1.54 bits per heavy atom. The van der Waals surface area contributed by atoms with Gasteiger partial charge in [0.05, 0.1) is 5.69 Å². The highest BCUT2D eigenvalue weighted by molar-refractivity contribution is 6.18. The van der Waals surface area contributed by atoms with E-state index in [1.807, 2.05) is 54.6 Å². The van der Waals surface area contributed by atoms with Gasteiger partial charge in [0, 0.05) is 23.9 Å². The molecule has 2 heteroatoms. The first-order chi connectivity index (χ1) is 13.8. The first-order valence-electron chi connectivity index (χ1n) is 10.1. The summed E-state index contributed by atoms with van der Waals surface area (Å²) < 4.78 is 2.24. The van der Waals surface area contributed by atoms with Crippen molar-refractivity contribution in [3.8, 4) is 11.3 Å². The molecule has 0 fully saturated rings. The predicted molar refractivity (Wildman–Crippen MR) is 117 cm³/mol. The summed E-state index contributed by atoms with van der Waals surface area (Å²) in [6, 6.07) is 26.3. The molecule has 0 aliphatic rings. The second-order valence-corrected chi connectivity index (χ2v) is 7.20. The topological polar surface area (TPSA) is 22.0 Å². The number of carbonyl (C=O) groups is 1. The number of hydrogen-bond acceptors (Lipinski definition) is 1. The molecule has 28 heavy (non-hydrogen) atoms. The SMILES string of the molecule is CCCCCn1ccc(C(=O)c2cccc3ccccc23)c1-c1ccccc1. The number of rotatable bonds is 7. The minimum absolute atomic E-state index is 0.0879. The van der Waals surface area contributed by atoms with Crippen LogP contribution in [-0.4, -0.2) is 10.4 Å². The van der Waals surface area contributed by atoms with Crippen molar-refractivity contribution in [2.45, 2.75) is 32.7 Å². The Labute approximate surface area is 166 Å². The molecule has 0 amide bonds. The average Bonchev–Trinajstić information content (AvgIpc) is 3.17. The number of carbonyl (C=O) groups excluding carboxylic acids is 1. The molecule has 3 aromatic carbocycles. The van der Waals surface area contributed by atoms with Crippen molar-refractivity contribution in [3.63, 3.8) is 0 Å². The van der Waals surface area contributed by atoms with Gasteiger partial charge in [0.2, 0.25) is 0 Å². The summed E-state index contributed by atoms with van der Waals surface area (Å²) in [7, 11) is 0. The van der Waals surface area contributed by atoms with Crippen LogP contribution in [0.5, 0.6) is 0 Å². The fourth-order valence-corrected chi connectivity index (χ4v) is 3.86. The van der Waals surface area contributed by atoms with E-state index in [-0.39, 0.29) is 5.78 Å². The standard InChI is InChI=1S/C26H25NO/c1-2-3-9-18-27-19-17-24(25(27)21-12-5-4-6-13-21)26(28)23-16-10-14-20-11-7-8-15-22(20)23/h4-8,10-17,19H,2-3,9,18H2,1H3. The lowest BCUT2D eigenvalue weighted by Gasteiger charge is -2.12. The Hall–Kier alpha value is -3.13. The average molecular weight is 367 g/mol. The van der Waals surface area contributed by atoms with Gasteiger partial charge >= 0.3 is 0 Å². The maximum Gasteiger partial charge on any atom is 0.195 e. The van der Waals surface area contributed by atoms with Gasteiger partial charge in [-0.15, -0.1) is 0 Å². The molecule has 0 aliphatic carbocycles. The quantitative estimate of drug-likeness (QED) is 0.262. The molecule has 0 bridgehead atoms. The number of unbranched alkanes of at least 4 members (excludes halogenated alkanes) is 2. The summed E-state index contributed by atoms with van der Waals surface area (Å²) in [5.74, 6) is 0.0879. The van der Waals surface area contributed by atoms with E-state index in [9.17, 15) is 4.79 Å². The Bertz CT molecular complexity index is 1090. The van der Waals surface area contributed by atoms with E-state index in [0.29, 0.717) is 0 Å². The van der Waals surface area contributed by atoms with Crippen LogP contribution in [0.2, 0.25) is 0 Å². The van der Waals surface area contributed by atoms with Gasteiger partial charge in [-0.25, -0.2) is 0 Å². The molecule has 0 N–H and O–H groups in total. The lowest BCUT2D eigenvalue weighted by Crippen LogP contribution is -2.06. The molecule has 0 atom stereocenters. The summed E-state index contributed by atoms with van der Waals surface area (Å²) >= 11 is 0. The zero-order valence-electron chi connectivity index (χ0n) is 16.3. The lowest BCUT2D eigenvalue weighted by atomic mass is 9.95. The largest absolute Gasteiger partial charge is 0.347 e. The smallest absolute Gasteiger partial charge is 0.195 e. The first kappa shape index (κ1) is 18.2. The monoisotopic (exact) mass is 367 g/mol. The fourth-order valence-electron chi connectivity index (χ4n) is 3.86. The molecule has 1 aromatic heterocycles. The van der Waals surface area contributed by atoms with Gasteiger partial charge < -0.3 is 4.57 Å². The van der Waals surface area contributed by atoms with E-state index < -0.39 is 0 Å². The van der Waals surface area contributed by atoms with Crippen LogP contribution in [0.15, 0.2) is 85.1 Å². The van der Waals surface area contributed by atoms with Crippen molar-refractivity contribution >= 4 is 16.6 Å². The van der Waals surface area contributed by atoms with Crippen LogP contribution < -0.4 is 0 Å². The van der Waals surface area contributed by atoms with Gasteiger partial charge in [-0.3, -0.25) is 4.79 Å². The van der Waals surface area contributed by atoms with Crippen LogP contribution in [0.25, 0.3) is 22.0 Å². The molecule has 4 aromatic rings. The maximum absolute atomic E-state index is 13.6. The van der Waals surface area contributed by atoms with Crippen molar-refractivity contribution in [1.29, 1.82) is 0 Å². The Kier molecular flexibility index (Phi) is 5.38. The third kappa shape index (κ3) is 3.50. The molecule has 4 rings (SSSR count). The molecule has 0 aliphatic heterocycles. The van der Waals surface area contributed by atoms with Crippen molar-refractivity contribution < 1.29 is 4.79 Å². The molecule has 0 saturated heterocycles. The third-order valence-corrected chi connectivity index (χ3v) is 5.29. The second kappa shape index (κ2) is 8.26.